The summed E-state index contributed by atoms with van der Waals surface area (Å²) in [5.74, 6) is 0.918. The van der Waals surface area contributed by atoms with E-state index in [0.717, 1.165) is 31.1 Å². The van der Waals surface area contributed by atoms with E-state index in [0.29, 0.717) is 0 Å². The van der Waals surface area contributed by atoms with Crippen molar-refractivity contribution < 1.29 is 0 Å². The van der Waals surface area contributed by atoms with Crippen LogP contribution < -0.4 is 10.2 Å². The van der Waals surface area contributed by atoms with Gasteiger partial charge in [-0.15, -0.1) is 5.10 Å². The quantitative estimate of drug-likeness (QED) is 0.746. The second kappa shape index (κ2) is 6.40. The molecule has 1 aromatic rings. The number of hydrogen-bond donors (Lipinski definition) is 1. The molecule has 1 N–H and O–H groups in total. The minimum absolute atomic E-state index is 0.759. The van der Waals surface area contributed by atoms with Crippen LogP contribution in [0.4, 0.5) is 5.82 Å². The lowest BCUT2D eigenvalue weighted by molar-refractivity contribution is 0.416. The monoisotopic (exact) mass is 223 g/mol. The van der Waals surface area contributed by atoms with E-state index >= 15 is 0 Å². The summed E-state index contributed by atoms with van der Waals surface area (Å²) >= 11 is 0. The molecule has 0 bridgehead atoms. The molecule has 90 valence electrons. The van der Waals surface area contributed by atoms with Crippen LogP contribution in [-0.2, 0) is 6.54 Å². The Kier molecular flexibility index (Phi) is 5.14. The molecular weight excluding hydrogens is 202 g/mol. The predicted octanol–water partition coefficient (Wildman–Crippen LogP) is 0.194. The van der Waals surface area contributed by atoms with Gasteiger partial charge in [-0.2, -0.15) is 5.10 Å². The Balaban J connectivity index is 2.52. The standard InChI is InChI=1S/C11H21N5/c1-12-9-10-5-6-11(14-13-10)16(4)8-7-15(2)3/h5-6,12H,7-9H2,1-4H3. The van der Waals surface area contributed by atoms with Gasteiger partial charge in [-0.05, 0) is 33.3 Å². The van der Waals surface area contributed by atoms with E-state index in [1.807, 2.05) is 26.2 Å². The van der Waals surface area contributed by atoms with Crippen molar-refractivity contribution in [3.63, 3.8) is 0 Å². The molecular formula is C11H21N5. The molecule has 1 heterocycles. The van der Waals surface area contributed by atoms with Crippen LogP contribution in [0.15, 0.2) is 12.1 Å². The molecule has 0 fully saturated rings. The summed E-state index contributed by atoms with van der Waals surface area (Å²) in [4.78, 5) is 4.26. The molecule has 0 aliphatic heterocycles. The van der Waals surface area contributed by atoms with Crippen molar-refractivity contribution in [2.45, 2.75) is 6.54 Å². The summed E-state index contributed by atoms with van der Waals surface area (Å²) in [7, 11) is 8.06. The second-order valence-electron chi connectivity index (χ2n) is 4.14. The molecule has 1 aromatic heterocycles. The van der Waals surface area contributed by atoms with Gasteiger partial charge in [0.1, 0.15) is 0 Å². The van der Waals surface area contributed by atoms with Gasteiger partial charge in [0.05, 0.1) is 5.69 Å². The van der Waals surface area contributed by atoms with Crippen LogP contribution in [0.5, 0.6) is 0 Å². The largest absolute Gasteiger partial charge is 0.357 e. The van der Waals surface area contributed by atoms with Crippen LogP contribution in [0, 0.1) is 0 Å². The second-order valence-corrected chi connectivity index (χ2v) is 4.14. The number of likely N-dealkylation sites (N-methyl/N-ethyl adjacent to an activating group) is 2. The third-order valence-electron chi connectivity index (χ3n) is 2.34. The fraction of sp³-hybridized carbons (Fsp3) is 0.636. The first-order valence-corrected chi connectivity index (χ1v) is 5.46. The Morgan fingerprint density at radius 3 is 2.38 bits per heavy atom. The van der Waals surface area contributed by atoms with Gasteiger partial charge in [0.15, 0.2) is 5.82 Å². The normalized spacial score (nSPS) is 10.8. The molecule has 0 unspecified atom stereocenters. The summed E-state index contributed by atoms with van der Waals surface area (Å²) in [6.07, 6.45) is 0. The van der Waals surface area contributed by atoms with Gasteiger partial charge in [-0.1, -0.05) is 0 Å². The van der Waals surface area contributed by atoms with Crippen LogP contribution in [-0.4, -0.2) is 56.4 Å². The number of rotatable bonds is 6. The highest BCUT2D eigenvalue weighted by atomic mass is 15.3. The molecule has 0 aliphatic rings. The Labute approximate surface area is 97.5 Å². The molecule has 0 saturated carbocycles. The molecule has 0 aliphatic carbocycles. The zero-order valence-corrected chi connectivity index (χ0v) is 10.6. The van der Waals surface area contributed by atoms with Crippen molar-refractivity contribution in [1.29, 1.82) is 0 Å². The molecule has 0 saturated heterocycles. The fourth-order valence-electron chi connectivity index (χ4n) is 1.30. The van der Waals surface area contributed by atoms with E-state index in [-0.39, 0.29) is 0 Å². The van der Waals surface area contributed by atoms with Crippen LogP contribution in [0.1, 0.15) is 5.69 Å². The van der Waals surface area contributed by atoms with E-state index in [9.17, 15) is 0 Å². The van der Waals surface area contributed by atoms with Crippen molar-refractivity contribution in [2.75, 3.05) is 46.2 Å². The highest BCUT2D eigenvalue weighted by Crippen LogP contribution is 2.06. The minimum Gasteiger partial charge on any atom is -0.357 e. The Morgan fingerprint density at radius 2 is 1.88 bits per heavy atom. The van der Waals surface area contributed by atoms with Gasteiger partial charge in [0.25, 0.3) is 0 Å². The smallest absolute Gasteiger partial charge is 0.151 e. The van der Waals surface area contributed by atoms with Crippen LogP contribution in [0.3, 0.4) is 0 Å². The van der Waals surface area contributed by atoms with Crippen LogP contribution in [0.25, 0.3) is 0 Å². The highest BCUT2D eigenvalue weighted by Gasteiger charge is 2.03. The van der Waals surface area contributed by atoms with E-state index in [1.54, 1.807) is 0 Å². The molecule has 16 heavy (non-hydrogen) atoms. The summed E-state index contributed by atoms with van der Waals surface area (Å²) in [6.45, 7) is 2.72. The molecule has 0 amide bonds. The maximum atomic E-state index is 4.19. The SMILES string of the molecule is CNCc1ccc(N(C)CCN(C)C)nn1. The highest BCUT2D eigenvalue weighted by molar-refractivity contribution is 5.35. The van der Waals surface area contributed by atoms with E-state index in [1.165, 1.54) is 0 Å². The zero-order valence-electron chi connectivity index (χ0n) is 10.6. The lowest BCUT2D eigenvalue weighted by atomic mass is 10.3. The third-order valence-corrected chi connectivity index (χ3v) is 2.34. The third kappa shape index (κ3) is 4.12. The minimum atomic E-state index is 0.759. The van der Waals surface area contributed by atoms with Crippen molar-refractivity contribution in [3.05, 3.63) is 17.8 Å². The lowest BCUT2D eigenvalue weighted by Gasteiger charge is -2.19. The average Bonchev–Trinajstić information content (AvgIpc) is 2.27. The topological polar surface area (TPSA) is 44.3 Å². The van der Waals surface area contributed by atoms with Crippen molar-refractivity contribution in [3.8, 4) is 0 Å². The average molecular weight is 223 g/mol. The molecule has 0 aromatic carbocycles. The molecule has 5 heteroatoms. The van der Waals surface area contributed by atoms with Gasteiger partial charge in [-0.3, -0.25) is 0 Å². The first kappa shape index (κ1) is 12.9. The molecule has 0 spiro atoms. The van der Waals surface area contributed by atoms with Crippen LogP contribution >= 0.6 is 0 Å². The summed E-state index contributed by atoms with van der Waals surface area (Å²) in [6, 6.07) is 4.01. The van der Waals surface area contributed by atoms with Gasteiger partial charge in [0, 0.05) is 26.7 Å². The fourth-order valence-corrected chi connectivity index (χ4v) is 1.30. The van der Waals surface area contributed by atoms with Gasteiger partial charge in [-0.25, -0.2) is 0 Å². The van der Waals surface area contributed by atoms with Gasteiger partial charge >= 0.3 is 0 Å². The Bertz CT molecular complexity index is 296. The predicted molar refractivity (Wildman–Crippen MR) is 66.6 cm³/mol. The van der Waals surface area contributed by atoms with Gasteiger partial charge < -0.3 is 15.1 Å². The summed E-state index contributed by atoms with van der Waals surface area (Å²) in [5.41, 5.74) is 0.965. The Morgan fingerprint density at radius 1 is 1.12 bits per heavy atom. The zero-order chi connectivity index (χ0) is 12.0. The van der Waals surface area contributed by atoms with E-state index in [4.69, 9.17) is 0 Å². The Hall–Kier alpha value is -1.20. The van der Waals surface area contributed by atoms with Gasteiger partial charge in [0.2, 0.25) is 0 Å². The van der Waals surface area contributed by atoms with Crippen molar-refractivity contribution in [2.24, 2.45) is 0 Å². The van der Waals surface area contributed by atoms with E-state index < -0.39 is 0 Å². The number of hydrogen-bond acceptors (Lipinski definition) is 5. The van der Waals surface area contributed by atoms with Crippen LogP contribution in [0.2, 0.25) is 0 Å². The molecule has 1 rings (SSSR count). The number of nitrogens with one attached hydrogen (secondary N) is 1. The van der Waals surface area contributed by atoms with Crippen molar-refractivity contribution in [1.82, 2.24) is 20.4 Å². The maximum Gasteiger partial charge on any atom is 0.151 e. The lowest BCUT2D eigenvalue weighted by Crippen LogP contribution is -2.29. The number of aromatic nitrogens is 2. The maximum absolute atomic E-state index is 4.19. The number of anilines is 1. The molecule has 5 nitrogen and oxygen atoms in total. The number of nitrogens with zero attached hydrogens (tertiary/aromatic N) is 4. The first-order chi connectivity index (χ1) is 7.63. The molecule has 0 atom stereocenters. The summed E-state index contributed by atoms with van der Waals surface area (Å²) < 4.78 is 0. The van der Waals surface area contributed by atoms with Crippen molar-refractivity contribution >= 4 is 5.82 Å². The summed E-state index contributed by atoms with van der Waals surface area (Å²) in [5, 5.41) is 11.4. The van der Waals surface area contributed by atoms with E-state index in [2.05, 4.69) is 39.4 Å². The first-order valence-electron chi connectivity index (χ1n) is 5.46. The molecule has 0 radical (unpaired) electrons.